The van der Waals surface area contributed by atoms with Crippen molar-refractivity contribution < 1.29 is 4.39 Å². The van der Waals surface area contributed by atoms with E-state index in [1.165, 1.54) is 18.9 Å². The summed E-state index contributed by atoms with van der Waals surface area (Å²) in [5.41, 5.74) is 0.401. The van der Waals surface area contributed by atoms with Crippen molar-refractivity contribution in [2.75, 3.05) is 13.1 Å². The summed E-state index contributed by atoms with van der Waals surface area (Å²) in [6.45, 7) is 3.22. The molecule has 0 atom stereocenters. The zero-order chi connectivity index (χ0) is 14.7. The van der Waals surface area contributed by atoms with Gasteiger partial charge in [-0.2, -0.15) is 5.10 Å². The standard InChI is InChI=1S/C15H19FN4O/c16-13-6-2-1-5-12(13)7-10-20-14(17-18-15(20)21)11-19-8-3-4-9-19/h1-2,5-6H,3-4,7-11H2,(H,18,21). The maximum Gasteiger partial charge on any atom is 0.343 e. The summed E-state index contributed by atoms with van der Waals surface area (Å²) < 4.78 is 15.2. The number of aryl methyl sites for hydroxylation is 1. The van der Waals surface area contributed by atoms with Gasteiger partial charge in [-0.05, 0) is 44.0 Å². The highest BCUT2D eigenvalue weighted by molar-refractivity contribution is 5.17. The Morgan fingerprint density at radius 2 is 2.00 bits per heavy atom. The van der Waals surface area contributed by atoms with E-state index in [0.29, 0.717) is 25.1 Å². The molecule has 1 fully saturated rings. The maximum absolute atomic E-state index is 13.6. The van der Waals surface area contributed by atoms with Crippen molar-refractivity contribution in [1.82, 2.24) is 19.7 Å². The van der Waals surface area contributed by atoms with E-state index in [1.807, 2.05) is 6.07 Å². The molecule has 0 radical (unpaired) electrons. The third kappa shape index (κ3) is 3.21. The van der Waals surface area contributed by atoms with E-state index in [1.54, 1.807) is 16.7 Å². The summed E-state index contributed by atoms with van der Waals surface area (Å²) in [7, 11) is 0. The number of benzene rings is 1. The number of aromatic nitrogens is 3. The van der Waals surface area contributed by atoms with E-state index in [4.69, 9.17) is 0 Å². The molecule has 0 unspecified atom stereocenters. The Morgan fingerprint density at radius 3 is 2.76 bits per heavy atom. The van der Waals surface area contributed by atoms with Crippen LogP contribution in [0.5, 0.6) is 0 Å². The van der Waals surface area contributed by atoms with Gasteiger partial charge < -0.3 is 0 Å². The zero-order valence-electron chi connectivity index (χ0n) is 11.9. The summed E-state index contributed by atoms with van der Waals surface area (Å²) >= 11 is 0. The molecule has 0 spiro atoms. The Balaban J connectivity index is 1.71. The van der Waals surface area contributed by atoms with Crippen LogP contribution in [-0.4, -0.2) is 32.8 Å². The maximum atomic E-state index is 13.6. The van der Waals surface area contributed by atoms with Crippen LogP contribution in [0.1, 0.15) is 24.2 Å². The number of H-pyrrole nitrogens is 1. The Morgan fingerprint density at radius 1 is 1.24 bits per heavy atom. The molecule has 1 saturated heterocycles. The quantitative estimate of drug-likeness (QED) is 0.909. The van der Waals surface area contributed by atoms with Crippen LogP contribution < -0.4 is 5.69 Å². The van der Waals surface area contributed by atoms with Crippen LogP contribution in [-0.2, 0) is 19.5 Å². The number of halogens is 1. The van der Waals surface area contributed by atoms with Gasteiger partial charge in [-0.15, -0.1) is 0 Å². The van der Waals surface area contributed by atoms with Gasteiger partial charge in [0.25, 0.3) is 0 Å². The van der Waals surface area contributed by atoms with Crippen LogP contribution in [0.2, 0.25) is 0 Å². The minimum Gasteiger partial charge on any atom is -0.296 e. The molecule has 5 nitrogen and oxygen atoms in total. The van der Waals surface area contributed by atoms with Crippen LogP contribution in [0.25, 0.3) is 0 Å². The molecule has 0 aliphatic carbocycles. The van der Waals surface area contributed by atoms with E-state index < -0.39 is 0 Å². The van der Waals surface area contributed by atoms with Gasteiger partial charge in [0.05, 0.1) is 6.54 Å². The number of aromatic amines is 1. The van der Waals surface area contributed by atoms with Crippen LogP contribution in [0.15, 0.2) is 29.1 Å². The molecule has 21 heavy (non-hydrogen) atoms. The second-order valence-corrected chi connectivity index (χ2v) is 5.42. The normalized spacial score (nSPS) is 15.7. The van der Waals surface area contributed by atoms with E-state index in [2.05, 4.69) is 15.1 Å². The Labute approximate surface area is 122 Å². The van der Waals surface area contributed by atoms with Crippen LogP contribution in [0, 0.1) is 5.82 Å². The van der Waals surface area contributed by atoms with Crippen molar-refractivity contribution in [3.8, 4) is 0 Å². The number of nitrogens with zero attached hydrogens (tertiary/aromatic N) is 3. The van der Waals surface area contributed by atoms with Gasteiger partial charge >= 0.3 is 5.69 Å². The van der Waals surface area contributed by atoms with Crippen molar-refractivity contribution in [3.05, 3.63) is 52.0 Å². The SMILES string of the molecule is O=c1[nH]nc(CN2CCCC2)n1CCc1ccccc1F. The molecule has 6 heteroatoms. The number of likely N-dealkylation sites (tertiary alicyclic amines) is 1. The average Bonchev–Trinajstić information content (AvgIpc) is 3.10. The van der Waals surface area contributed by atoms with Gasteiger partial charge in [-0.25, -0.2) is 14.3 Å². The Hall–Kier alpha value is -1.95. The molecule has 1 aromatic heterocycles. The molecular weight excluding hydrogens is 271 g/mol. The molecule has 3 rings (SSSR count). The summed E-state index contributed by atoms with van der Waals surface area (Å²) in [6, 6.07) is 6.67. The monoisotopic (exact) mass is 290 g/mol. The van der Waals surface area contributed by atoms with Crippen LogP contribution in [0.4, 0.5) is 4.39 Å². The van der Waals surface area contributed by atoms with Crippen LogP contribution in [0.3, 0.4) is 0 Å². The Bertz CT molecular complexity index is 658. The van der Waals surface area contributed by atoms with Gasteiger partial charge in [0, 0.05) is 6.54 Å². The van der Waals surface area contributed by atoms with Gasteiger partial charge in [-0.3, -0.25) is 9.47 Å². The minimum absolute atomic E-state index is 0.222. The van der Waals surface area contributed by atoms with Crippen molar-refractivity contribution in [2.45, 2.75) is 32.4 Å². The third-order valence-electron chi connectivity index (χ3n) is 3.96. The molecule has 2 heterocycles. The fourth-order valence-electron chi connectivity index (χ4n) is 2.78. The first kappa shape index (κ1) is 14.0. The highest BCUT2D eigenvalue weighted by Gasteiger charge is 2.16. The highest BCUT2D eigenvalue weighted by Crippen LogP contribution is 2.12. The lowest BCUT2D eigenvalue weighted by atomic mass is 10.1. The number of hydrogen-bond donors (Lipinski definition) is 1. The van der Waals surface area contributed by atoms with E-state index >= 15 is 0 Å². The summed E-state index contributed by atoms with van der Waals surface area (Å²) in [5.74, 6) is 0.508. The second-order valence-electron chi connectivity index (χ2n) is 5.42. The van der Waals surface area contributed by atoms with Crippen molar-refractivity contribution in [1.29, 1.82) is 0 Å². The van der Waals surface area contributed by atoms with Crippen molar-refractivity contribution in [2.24, 2.45) is 0 Å². The predicted molar refractivity (Wildman–Crippen MR) is 77.5 cm³/mol. The lowest BCUT2D eigenvalue weighted by Crippen LogP contribution is -2.25. The third-order valence-corrected chi connectivity index (χ3v) is 3.96. The number of hydrogen-bond acceptors (Lipinski definition) is 3. The van der Waals surface area contributed by atoms with Crippen molar-refractivity contribution >= 4 is 0 Å². The smallest absolute Gasteiger partial charge is 0.296 e. The molecule has 1 aliphatic heterocycles. The number of rotatable bonds is 5. The topological polar surface area (TPSA) is 53.9 Å². The summed E-state index contributed by atoms with van der Waals surface area (Å²) in [4.78, 5) is 14.1. The first-order valence-electron chi connectivity index (χ1n) is 7.34. The molecule has 0 saturated carbocycles. The average molecular weight is 290 g/mol. The fourth-order valence-corrected chi connectivity index (χ4v) is 2.78. The van der Waals surface area contributed by atoms with Gasteiger partial charge in [0.2, 0.25) is 0 Å². The minimum atomic E-state index is -0.227. The second kappa shape index (κ2) is 6.22. The fraction of sp³-hybridized carbons (Fsp3) is 0.467. The molecule has 1 N–H and O–H groups in total. The van der Waals surface area contributed by atoms with E-state index in [-0.39, 0.29) is 11.5 Å². The molecule has 0 amide bonds. The zero-order valence-corrected chi connectivity index (χ0v) is 11.9. The largest absolute Gasteiger partial charge is 0.343 e. The highest BCUT2D eigenvalue weighted by atomic mass is 19.1. The van der Waals surface area contributed by atoms with Gasteiger partial charge in [0.1, 0.15) is 11.6 Å². The predicted octanol–water partition coefficient (Wildman–Crippen LogP) is 1.55. The molecule has 1 aliphatic rings. The lowest BCUT2D eigenvalue weighted by Gasteiger charge is -2.14. The van der Waals surface area contributed by atoms with Crippen molar-refractivity contribution in [3.63, 3.8) is 0 Å². The van der Waals surface area contributed by atoms with Crippen LogP contribution >= 0.6 is 0 Å². The molecule has 2 aromatic rings. The van der Waals surface area contributed by atoms with Gasteiger partial charge in [0.15, 0.2) is 0 Å². The Kier molecular flexibility index (Phi) is 4.15. The molecule has 1 aromatic carbocycles. The molecule has 0 bridgehead atoms. The van der Waals surface area contributed by atoms with E-state index in [0.717, 1.165) is 18.9 Å². The van der Waals surface area contributed by atoms with Gasteiger partial charge in [-0.1, -0.05) is 18.2 Å². The summed E-state index contributed by atoms with van der Waals surface area (Å²) in [6.07, 6.45) is 2.88. The first-order valence-corrected chi connectivity index (χ1v) is 7.34. The lowest BCUT2D eigenvalue weighted by molar-refractivity contribution is 0.315. The number of nitrogens with one attached hydrogen (secondary N) is 1. The molecule has 112 valence electrons. The van der Waals surface area contributed by atoms with E-state index in [9.17, 15) is 9.18 Å². The summed E-state index contributed by atoms with van der Waals surface area (Å²) in [5, 5.41) is 6.60. The first-order chi connectivity index (χ1) is 10.2. The molecular formula is C15H19FN4O.